The second kappa shape index (κ2) is 9.27. The number of aryl methyl sites for hydroxylation is 1. The van der Waals surface area contributed by atoms with Gasteiger partial charge in [-0.1, -0.05) is 49.2 Å². The van der Waals surface area contributed by atoms with Gasteiger partial charge in [-0.2, -0.15) is 0 Å². The van der Waals surface area contributed by atoms with Crippen LogP contribution in [0.1, 0.15) is 55.3 Å². The lowest BCUT2D eigenvalue weighted by molar-refractivity contribution is -0.148. The van der Waals surface area contributed by atoms with Crippen LogP contribution in [0.15, 0.2) is 48.7 Å². The number of hydrogen-bond acceptors (Lipinski definition) is 4. The predicted octanol–water partition coefficient (Wildman–Crippen LogP) is 3.55. The molecule has 1 saturated heterocycles. The van der Waals surface area contributed by atoms with E-state index in [1.54, 1.807) is 0 Å². The number of rotatable bonds is 6. The number of hydrogen-bond donors (Lipinski definition) is 2. The Balaban J connectivity index is 1.37. The number of nitrogens with zero attached hydrogens (tertiary/aromatic N) is 2. The van der Waals surface area contributed by atoms with Crippen LogP contribution in [0, 0.1) is 12.8 Å². The lowest BCUT2D eigenvalue weighted by Gasteiger charge is -2.37. The van der Waals surface area contributed by atoms with Crippen molar-refractivity contribution in [2.75, 3.05) is 13.1 Å². The summed E-state index contributed by atoms with van der Waals surface area (Å²) in [6, 6.07) is 13.8. The summed E-state index contributed by atoms with van der Waals surface area (Å²) in [7, 11) is 0. The molecule has 1 saturated carbocycles. The van der Waals surface area contributed by atoms with E-state index in [-0.39, 0.29) is 17.9 Å². The molecule has 1 amide bonds. The van der Waals surface area contributed by atoms with E-state index in [1.165, 1.54) is 5.56 Å². The van der Waals surface area contributed by atoms with Crippen LogP contribution < -0.4 is 5.32 Å². The van der Waals surface area contributed by atoms with Gasteiger partial charge in [-0.3, -0.25) is 14.7 Å². The lowest BCUT2D eigenvalue weighted by Crippen LogP contribution is -2.54. The summed E-state index contributed by atoms with van der Waals surface area (Å²) in [5, 5.41) is 14.8. The van der Waals surface area contributed by atoms with Gasteiger partial charge in [0.1, 0.15) is 0 Å². The van der Waals surface area contributed by atoms with Gasteiger partial charge in [-0.15, -0.1) is 0 Å². The minimum absolute atomic E-state index is 0.00685. The number of aliphatic hydroxyl groups is 1. The molecule has 0 bridgehead atoms. The Kier molecular flexibility index (Phi) is 6.49. The number of nitrogens with one attached hydrogen (secondary N) is 1. The quantitative estimate of drug-likeness (QED) is 0.769. The van der Waals surface area contributed by atoms with Crippen LogP contribution in [-0.4, -0.2) is 40.0 Å². The van der Waals surface area contributed by atoms with Gasteiger partial charge in [0, 0.05) is 37.8 Å². The average Bonchev–Trinajstić information content (AvgIpc) is 3.32. The van der Waals surface area contributed by atoms with E-state index in [0.717, 1.165) is 69.4 Å². The molecular formula is C25H33N3O2. The summed E-state index contributed by atoms with van der Waals surface area (Å²) in [5.74, 6) is -0.230. The first kappa shape index (κ1) is 21.0. The number of aromatic nitrogens is 1. The molecule has 2 N–H and O–H groups in total. The SMILES string of the molecule is Cc1ccc(CN2CCC(NC(=O)C(O)(c3ccccc3)C3CCCC3)CC2)nc1. The van der Waals surface area contributed by atoms with E-state index < -0.39 is 5.60 Å². The van der Waals surface area contributed by atoms with E-state index in [9.17, 15) is 9.90 Å². The van der Waals surface area contributed by atoms with Gasteiger partial charge in [-0.25, -0.2) is 0 Å². The molecule has 1 aromatic carbocycles. The molecule has 1 aliphatic carbocycles. The van der Waals surface area contributed by atoms with Crippen molar-refractivity contribution >= 4 is 5.91 Å². The summed E-state index contributed by atoms with van der Waals surface area (Å²) >= 11 is 0. The molecule has 1 unspecified atom stereocenters. The number of piperidine rings is 1. The van der Waals surface area contributed by atoms with Crippen molar-refractivity contribution in [3.8, 4) is 0 Å². The fraction of sp³-hybridized carbons (Fsp3) is 0.520. The predicted molar refractivity (Wildman–Crippen MR) is 118 cm³/mol. The number of benzene rings is 1. The first-order valence-corrected chi connectivity index (χ1v) is 11.3. The Hall–Kier alpha value is -2.24. The zero-order valence-corrected chi connectivity index (χ0v) is 17.9. The maximum Gasteiger partial charge on any atom is 0.257 e. The van der Waals surface area contributed by atoms with E-state index >= 15 is 0 Å². The monoisotopic (exact) mass is 407 g/mol. The molecule has 2 aliphatic rings. The molecule has 5 heteroatoms. The van der Waals surface area contributed by atoms with E-state index in [1.807, 2.05) is 43.5 Å². The van der Waals surface area contributed by atoms with Gasteiger partial charge in [0.2, 0.25) is 0 Å². The number of pyridine rings is 1. The lowest BCUT2D eigenvalue weighted by atomic mass is 9.79. The highest BCUT2D eigenvalue weighted by Crippen LogP contribution is 2.41. The second-order valence-corrected chi connectivity index (χ2v) is 8.96. The Morgan fingerprint density at radius 2 is 1.80 bits per heavy atom. The molecule has 1 aliphatic heterocycles. The summed E-state index contributed by atoms with van der Waals surface area (Å²) in [5.41, 5.74) is 1.55. The van der Waals surface area contributed by atoms with Gasteiger partial charge in [-0.05, 0) is 49.8 Å². The first-order valence-electron chi connectivity index (χ1n) is 11.3. The molecule has 2 aromatic rings. The number of amides is 1. The highest BCUT2D eigenvalue weighted by molar-refractivity contribution is 5.87. The van der Waals surface area contributed by atoms with Gasteiger partial charge in [0.15, 0.2) is 5.60 Å². The zero-order valence-electron chi connectivity index (χ0n) is 17.9. The highest BCUT2D eigenvalue weighted by atomic mass is 16.3. The largest absolute Gasteiger partial charge is 0.375 e. The van der Waals surface area contributed by atoms with Crippen LogP contribution in [0.25, 0.3) is 0 Å². The molecule has 30 heavy (non-hydrogen) atoms. The minimum Gasteiger partial charge on any atom is -0.375 e. The van der Waals surface area contributed by atoms with Gasteiger partial charge >= 0.3 is 0 Å². The Morgan fingerprint density at radius 3 is 2.43 bits per heavy atom. The topological polar surface area (TPSA) is 65.5 Å². The van der Waals surface area contributed by atoms with Crippen LogP contribution in [-0.2, 0) is 16.9 Å². The Bertz CT molecular complexity index is 825. The first-order chi connectivity index (χ1) is 14.6. The molecule has 4 rings (SSSR count). The summed E-state index contributed by atoms with van der Waals surface area (Å²) in [6.45, 7) is 4.74. The van der Waals surface area contributed by atoms with Crippen LogP contribution >= 0.6 is 0 Å². The highest BCUT2D eigenvalue weighted by Gasteiger charge is 2.46. The smallest absolute Gasteiger partial charge is 0.257 e. The molecule has 1 aromatic heterocycles. The van der Waals surface area contributed by atoms with Crippen molar-refractivity contribution in [2.24, 2.45) is 5.92 Å². The van der Waals surface area contributed by atoms with E-state index in [2.05, 4.69) is 27.3 Å². The van der Waals surface area contributed by atoms with E-state index in [4.69, 9.17) is 0 Å². The number of likely N-dealkylation sites (tertiary alicyclic amines) is 1. The van der Waals surface area contributed by atoms with Crippen molar-refractivity contribution in [1.82, 2.24) is 15.2 Å². The maximum atomic E-state index is 13.3. The van der Waals surface area contributed by atoms with Gasteiger partial charge in [0.05, 0.1) is 5.69 Å². The molecule has 0 spiro atoms. The third kappa shape index (κ3) is 4.57. The fourth-order valence-corrected chi connectivity index (χ4v) is 4.94. The van der Waals surface area contributed by atoms with Crippen molar-refractivity contribution in [3.05, 3.63) is 65.5 Å². The normalized spacial score (nSPS) is 20.7. The van der Waals surface area contributed by atoms with Crippen LogP contribution in [0.5, 0.6) is 0 Å². The minimum atomic E-state index is -1.43. The molecule has 5 nitrogen and oxygen atoms in total. The fourth-order valence-electron chi connectivity index (χ4n) is 4.94. The van der Waals surface area contributed by atoms with Crippen molar-refractivity contribution in [1.29, 1.82) is 0 Å². The summed E-state index contributed by atoms with van der Waals surface area (Å²) < 4.78 is 0. The van der Waals surface area contributed by atoms with Gasteiger partial charge in [0.25, 0.3) is 5.91 Å². The van der Waals surface area contributed by atoms with Crippen molar-refractivity contribution in [3.63, 3.8) is 0 Å². The zero-order chi connectivity index (χ0) is 21.0. The third-order valence-corrected chi connectivity index (χ3v) is 6.79. The van der Waals surface area contributed by atoms with Crippen LogP contribution in [0.3, 0.4) is 0 Å². The van der Waals surface area contributed by atoms with Crippen molar-refractivity contribution in [2.45, 2.75) is 63.6 Å². The van der Waals surface area contributed by atoms with Crippen molar-refractivity contribution < 1.29 is 9.90 Å². The molecule has 2 heterocycles. The van der Waals surface area contributed by atoms with E-state index in [0.29, 0.717) is 0 Å². The summed E-state index contributed by atoms with van der Waals surface area (Å²) in [4.78, 5) is 20.2. The van der Waals surface area contributed by atoms with Gasteiger partial charge < -0.3 is 10.4 Å². The Labute approximate surface area is 179 Å². The molecule has 2 fully saturated rings. The molecular weight excluding hydrogens is 374 g/mol. The third-order valence-electron chi connectivity index (χ3n) is 6.79. The molecule has 0 radical (unpaired) electrons. The molecule has 1 atom stereocenters. The number of carbonyl (C=O) groups excluding carboxylic acids is 1. The maximum absolute atomic E-state index is 13.3. The average molecular weight is 408 g/mol. The van der Waals surface area contributed by atoms with Crippen LogP contribution in [0.4, 0.5) is 0 Å². The second-order valence-electron chi connectivity index (χ2n) is 8.96. The molecule has 160 valence electrons. The summed E-state index contributed by atoms with van der Waals surface area (Å²) in [6.07, 6.45) is 7.68. The Morgan fingerprint density at radius 1 is 1.10 bits per heavy atom. The number of carbonyl (C=O) groups is 1. The van der Waals surface area contributed by atoms with Crippen LogP contribution in [0.2, 0.25) is 0 Å². The standard InChI is InChI=1S/C25H33N3O2/c1-19-11-12-23(26-17-19)18-28-15-13-22(14-16-28)27-24(29)25(30,21-9-5-6-10-21)20-7-3-2-4-8-20/h2-4,7-8,11-12,17,21-22,30H,5-6,9-10,13-16,18H2,1H3,(H,27,29).